The van der Waals surface area contributed by atoms with Crippen molar-refractivity contribution in [1.29, 1.82) is 0 Å². The van der Waals surface area contributed by atoms with E-state index in [2.05, 4.69) is 4.98 Å². The molecule has 1 aromatic rings. The molecule has 0 radical (unpaired) electrons. The summed E-state index contributed by atoms with van der Waals surface area (Å²) in [5.74, 6) is -0.740. The lowest BCUT2D eigenvalue weighted by molar-refractivity contribution is -0.188. The molecule has 2 heterocycles. The number of rotatable bonds is 3. The van der Waals surface area contributed by atoms with Crippen LogP contribution in [0.1, 0.15) is 38.4 Å². The maximum absolute atomic E-state index is 12.8. The Bertz CT molecular complexity index is 496. The van der Waals surface area contributed by atoms with Crippen LogP contribution < -0.4 is 0 Å². The molecule has 1 aromatic heterocycles. The van der Waals surface area contributed by atoms with E-state index in [-0.39, 0.29) is 31.3 Å². The minimum Gasteiger partial charge on any atom is -0.341 e. The molecule has 1 saturated heterocycles. The third kappa shape index (κ3) is 3.77. The molecule has 1 atom stereocenters. The molecule has 1 fully saturated rings. The molecule has 118 valence electrons. The highest BCUT2D eigenvalue weighted by molar-refractivity contribution is 5.76. The number of hydrogen-bond donors (Lipinski definition) is 0. The number of imidazole rings is 1. The highest BCUT2D eigenvalue weighted by Crippen LogP contribution is 2.33. The summed E-state index contributed by atoms with van der Waals surface area (Å²) in [6.07, 6.45) is -0.417. The highest BCUT2D eigenvalue weighted by Gasteiger charge is 2.42. The van der Waals surface area contributed by atoms with Crippen molar-refractivity contribution < 1.29 is 18.0 Å². The average Bonchev–Trinajstić information content (AvgIpc) is 2.86. The summed E-state index contributed by atoms with van der Waals surface area (Å²) < 4.78 is 40.0. The smallest absolute Gasteiger partial charge is 0.341 e. The van der Waals surface area contributed by atoms with Gasteiger partial charge in [0.15, 0.2) is 0 Å². The molecule has 7 heteroatoms. The van der Waals surface area contributed by atoms with Crippen LogP contribution in [0.3, 0.4) is 0 Å². The van der Waals surface area contributed by atoms with E-state index in [1.807, 2.05) is 13.8 Å². The molecule has 0 aromatic carbocycles. The Hall–Kier alpha value is -1.53. The number of aromatic nitrogens is 2. The number of amides is 1. The molecule has 4 nitrogen and oxygen atoms in total. The van der Waals surface area contributed by atoms with E-state index in [0.29, 0.717) is 13.0 Å². The normalized spacial score (nSPS) is 20.1. The summed E-state index contributed by atoms with van der Waals surface area (Å²) in [7, 11) is 0. The second-order valence-corrected chi connectivity index (χ2v) is 5.79. The minimum absolute atomic E-state index is 0.0537. The van der Waals surface area contributed by atoms with Gasteiger partial charge in [-0.15, -0.1) is 0 Å². The van der Waals surface area contributed by atoms with Crippen LogP contribution in [0.5, 0.6) is 0 Å². The van der Waals surface area contributed by atoms with Gasteiger partial charge in [0, 0.05) is 31.4 Å². The number of halogens is 3. The van der Waals surface area contributed by atoms with Crippen LogP contribution in [0.2, 0.25) is 0 Å². The monoisotopic (exact) mass is 303 g/mol. The number of likely N-dealkylation sites (tertiary alicyclic amines) is 1. The predicted molar refractivity (Wildman–Crippen MR) is 71.7 cm³/mol. The van der Waals surface area contributed by atoms with Gasteiger partial charge in [0.05, 0.1) is 5.92 Å². The number of carbonyl (C=O) groups excluding carboxylic acids is 1. The van der Waals surface area contributed by atoms with E-state index in [4.69, 9.17) is 0 Å². The largest absolute Gasteiger partial charge is 0.393 e. The van der Waals surface area contributed by atoms with Gasteiger partial charge in [-0.1, -0.05) is 13.8 Å². The second kappa shape index (κ2) is 6.07. The van der Waals surface area contributed by atoms with Crippen LogP contribution in [0.15, 0.2) is 12.4 Å². The minimum atomic E-state index is -4.23. The maximum Gasteiger partial charge on any atom is 0.393 e. The van der Waals surface area contributed by atoms with Gasteiger partial charge in [0.25, 0.3) is 0 Å². The molecule has 21 heavy (non-hydrogen) atoms. The molecule has 0 spiro atoms. The molecule has 0 saturated carbocycles. The molecular weight excluding hydrogens is 283 g/mol. The van der Waals surface area contributed by atoms with Gasteiger partial charge in [0.2, 0.25) is 5.91 Å². The summed E-state index contributed by atoms with van der Waals surface area (Å²) >= 11 is 0. The van der Waals surface area contributed by atoms with Gasteiger partial charge >= 0.3 is 6.18 Å². The van der Waals surface area contributed by atoms with E-state index in [1.165, 1.54) is 4.90 Å². The number of alkyl halides is 3. The van der Waals surface area contributed by atoms with Crippen LogP contribution in [0.4, 0.5) is 13.2 Å². The lowest BCUT2D eigenvalue weighted by Gasteiger charge is -2.34. The lowest BCUT2D eigenvalue weighted by Crippen LogP contribution is -2.45. The van der Waals surface area contributed by atoms with Crippen molar-refractivity contribution in [3.8, 4) is 0 Å². The highest BCUT2D eigenvalue weighted by atomic mass is 19.4. The Morgan fingerprint density at radius 1 is 1.48 bits per heavy atom. The zero-order chi connectivity index (χ0) is 15.6. The summed E-state index contributed by atoms with van der Waals surface area (Å²) in [5, 5.41) is 0. The lowest BCUT2D eigenvalue weighted by atomic mass is 9.97. The molecule has 1 aliphatic rings. The third-order valence-electron chi connectivity index (χ3n) is 3.81. The summed E-state index contributed by atoms with van der Waals surface area (Å²) in [4.78, 5) is 17.7. The first-order valence-corrected chi connectivity index (χ1v) is 7.14. The van der Waals surface area contributed by atoms with Crippen molar-refractivity contribution in [2.24, 2.45) is 5.92 Å². The van der Waals surface area contributed by atoms with Crippen molar-refractivity contribution in [2.75, 3.05) is 13.1 Å². The van der Waals surface area contributed by atoms with Gasteiger partial charge in [-0.05, 0) is 12.8 Å². The molecule has 0 bridgehead atoms. The van der Waals surface area contributed by atoms with E-state index >= 15 is 0 Å². The van der Waals surface area contributed by atoms with Gasteiger partial charge in [0.1, 0.15) is 12.4 Å². The molecule has 0 aliphatic carbocycles. The van der Waals surface area contributed by atoms with E-state index in [0.717, 1.165) is 5.82 Å². The fourth-order valence-electron chi connectivity index (χ4n) is 2.67. The van der Waals surface area contributed by atoms with E-state index in [9.17, 15) is 18.0 Å². The van der Waals surface area contributed by atoms with Gasteiger partial charge in [-0.25, -0.2) is 4.98 Å². The van der Waals surface area contributed by atoms with Gasteiger partial charge in [-0.2, -0.15) is 13.2 Å². The number of carbonyl (C=O) groups is 1. The van der Waals surface area contributed by atoms with Crippen molar-refractivity contribution in [3.63, 3.8) is 0 Å². The standard InChI is InChI=1S/C14H20F3N3O/c1-10(2)13-18-5-7-20(13)9-12(21)19-6-3-4-11(8-19)14(15,16)17/h5,7,10-11H,3-4,6,8-9H2,1-2H3. The molecule has 1 unspecified atom stereocenters. The van der Waals surface area contributed by atoms with Crippen molar-refractivity contribution in [1.82, 2.24) is 14.5 Å². The Balaban J connectivity index is 2.01. The Morgan fingerprint density at radius 3 is 2.81 bits per heavy atom. The van der Waals surface area contributed by atoms with Gasteiger partial charge < -0.3 is 9.47 Å². The predicted octanol–water partition coefficient (Wildman–Crippen LogP) is 2.81. The first kappa shape index (κ1) is 15.9. The van der Waals surface area contributed by atoms with Crippen molar-refractivity contribution in [3.05, 3.63) is 18.2 Å². The van der Waals surface area contributed by atoms with Crippen LogP contribution in [-0.2, 0) is 11.3 Å². The SMILES string of the molecule is CC(C)c1nccn1CC(=O)N1CCCC(C(F)(F)F)C1. The van der Waals surface area contributed by atoms with Crippen LogP contribution >= 0.6 is 0 Å². The summed E-state index contributed by atoms with van der Waals surface area (Å²) in [5.41, 5.74) is 0. The third-order valence-corrected chi connectivity index (χ3v) is 3.81. The van der Waals surface area contributed by atoms with Gasteiger partial charge in [-0.3, -0.25) is 4.79 Å². The fourth-order valence-corrected chi connectivity index (χ4v) is 2.67. The molecule has 1 aliphatic heterocycles. The van der Waals surface area contributed by atoms with Crippen LogP contribution in [0.25, 0.3) is 0 Å². The molecule has 2 rings (SSSR count). The summed E-state index contributed by atoms with van der Waals surface area (Å²) in [6.45, 7) is 4.15. The number of piperidine rings is 1. The number of nitrogens with zero attached hydrogens (tertiary/aromatic N) is 3. The molecule has 1 amide bonds. The van der Waals surface area contributed by atoms with Crippen molar-refractivity contribution in [2.45, 2.75) is 45.3 Å². The zero-order valence-corrected chi connectivity index (χ0v) is 12.2. The van der Waals surface area contributed by atoms with Crippen LogP contribution in [-0.4, -0.2) is 39.6 Å². The summed E-state index contributed by atoms with van der Waals surface area (Å²) in [6, 6.07) is 0. The van der Waals surface area contributed by atoms with E-state index in [1.54, 1.807) is 17.0 Å². The topological polar surface area (TPSA) is 38.1 Å². The quantitative estimate of drug-likeness (QED) is 0.861. The average molecular weight is 303 g/mol. The number of hydrogen-bond acceptors (Lipinski definition) is 2. The maximum atomic E-state index is 12.8. The fraction of sp³-hybridized carbons (Fsp3) is 0.714. The Kier molecular flexibility index (Phi) is 4.58. The Labute approximate surface area is 121 Å². The zero-order valence-electron chi connectivity index (χ0n) is 12.2. The first-order valence-electron chi connectivity index (χ1n) is 7.14. The van der Waals surface area contributed by atoms with Crippen LogP contribution in [0, 0.1) is 5.92 Å². The van der Waals surface area contributed by atoms with Crippen molar-refractivity contribution >= 4 is 5.91 Å². The molecular formula is C14H20F3N3O. The Morgan fingerprint density at radius 2 is 2.19 bits per heavy atom. The first-order chi connectivity index (χ1) is 9.79. The second-order valence-electron chi connectivity index (χ2n) is 5.79. The van der Waals surface area contributed by atoms with E-state index < -0.39 is 12.1 Å². The molecule has 0 N–H and O–H groups in total.